The first kappa shape index (κ1) is 59.1. The Balaban J connectivity index is 1.13. The van der Waals surface area contributed by atoms with E-state index in [0.717, 1.165) is 90.6 Å². The number of allylic oxidation sites excluding steroid dienone is 1. The molecule has 3 N–H and O–H groups in total. The number of phenolic OH excluding ortho intramolecular Hbond substituents is 1. The maximum absolute atomic E-state index is 15.4. The molecule has 428 valence electrons. The van der Waals surface area contributed by atoms with Gasteiger partial charge in [-0.1, -0.05) is 11.6 Å². The minimum absolute atomic E-state index is 0.0706. The minimum atomic E-state index is -0.874. The van der Waals surface area contributed by atoms with Gasteiger partial charge in [0.05, 0.1) is 79.3 Å². The molecule has 0 saturated carbocycles. The number of Topliss-reactive ketones (excluding diaryl/α,β-unsaturated/α-hetero) is 1. The summed E-state index contributed by atoms with van der Waals surface area (Å²) in [5.74, 6) is 0.203. The summed E-state index contributed by atoms with van der Waals surface area (Å²) in [6.45, 7) is 28.4. The van der Waals surface area contributed by atoms with Crippen molar-refractivity contribution in [2.24, 2.45) is 11.8 Å². The van der Waals surface area contributed by atoms with E-state index in [1.165, 1.54) is 27.2 Å². The quantitative estimate of drug-likeness (QED) is 0.0272. The highest BCUT2D eigenvalue weighted by molar-refractivity contribution is 6.40. The number of ether oxygens (including phenoxy) is 7. The molecular weight excluding hydrogens is 989 g/mol. The summed E-state index contributed by atoms with van der Waals surface area (Å²) >= 11 is 0. The molecule has 0 amide bonds. The van der Waals surface area contributed by atoms with Crippen LogP contribution in [0, 0.1) is 11.8 Å². The van der Waals surface area contributed by atoms with E-state index in [2.05, 4.69) is 75.8 Å². The van der Waals surface area contributed by atoms with Crippen LogP contribution in [0.1, 0.15) is 138 Å². The lowest BCUT2D eigenvalue weighted by atomic mass is 9.80. The molecule has 5 aromatic rings. The Morgan fingerprint density at radius 3 is 1.58 bits per heavy atom. The third-order valence-corrected chi connectivity index (χ3v) is 17.8. The van der Waals surface area contributed by atoms with Crippen molar-refractivity contribution in [3.8, 4) is 23.0 Å². The lowest BCUT2D eigenvalue weighted by Gasteiger charge is -2.35. The van der Waals surface area contributed by atoms with Gasteiger partial charge in [-0.05, 0) is 164 Å². The van der Waals surface area contributed by atoms with Crippen molar-refractivity contribution < 1.29 is 43.1 Å². The number of carbonyl (C=O) groups excluding carboxylic acids is 1. The fourth-order valence-corrected chi connectivity index (χ4v) is 12.3. The molecule has 78 heavy (non-hydrogen) atoms. The van der Waals surface area contributed by atoms with Crippen LogP contribution in [0.5, 0.6) is 23.0 Å². The summed E-state index contributed by atoms with van der Waals surface area (Å²) in [5, 5.41) is 23.9. The van der Waals surface area contributed by atoms with Crippen molar-refractivity contribution in [2.45, 2.75) is 149 Å². The van der Waals surface area contributed by atoms with Crippen LogP contribution in [0.2, 0.25) is 0 Å². The molecule has 2 heterocycles. The Kier molecular flexibility index (Phi) is 17.9. The van der Waals surface area contributed by atoms with Gasteiger partial charge in [0.1, 0.15) is 17.3 Å². The summed E-state index contributed by atoms with van der Waals surface area (Å²) in [6.07, 6.45) is 9.26. The van der Waals surface area contributed by atoms with Crippen LogP contribution < -0.4 is 35.7 Å². The predicted molar refractivity (Wildman–Crippen MR) is 316 cm³/mol. The standard InChI is InChI=1S/C63H90N4O11/c1-37-32-41-47-52-49(57(70)56(41)65-36-40-18-26-67(27-19-40)29-21-63(9,10)78-31-23-61(5,6)76-15)43(69)34-45(73-12)51(52)50-44(72-11)33-42(48-54(50)53(47)55(46(37)38(2)68)59(74-13)58(48)71)64-35-39-16-24-66(25-17-39)28-20-62(7,8)77-30-22-60(3,4)75-14/h32-34,39-40,46,64-65,70H,16-31,35-36H2,1-15H3. The normalized spacial score (nSPS) is 17.7. The van der Waals surface area contributed by atoms with E-state index in [9.17, 15) is 14.7 Å². The van der Waals surface area contributed by atoms with Crippen molar-refractivity contribution in [2.75, 3.05) is 112 Å². The third-order valence-electron chi connectivity index (χ3n) is 17.8. The van der Waals surface area contributed by atoms with Gasteiger partial charge in [0.2, 0.25) is 5.43 Å². The molecule has 1 atom stereocenters. The van der Waals surface area contributed by atoms with Crippen LogP contribution in [-0.2, 0) is 23.7 Å². The van der Waals surface area contributed by atoms with Crippen molar-refractivity contribution in [3.63, 3.8) is 0 Å². The summed E-state index contributed by atoms with van der Waals surface area (Å²) in [7, 11) is 8.07. The molecule has 8 rings (SSSR count). The highest BCUT2D eigenvalue weighted by Crippen LogP contribution is 2.57. The molecule has 3 aliphatic rings. The maximum Gasteiger partial charge on any atom is 0.230 e. The van der Waals surface area contributed by atoms with Crippen LogP contribution in [0.3, 0.4) is 0 Å². The molecule has 0 radical (unpaired) electrons. The topological polar surface area (TPSA) is 167 Å². The number of methoxy groups -OCH3 is 5. The lowest BCUT2D eigenvalue weighted by Crippen LogP contribution is -2.39. The van der Waals surface area contributed by atoms with Crippen LogP contribution in [-0.4, -0.2) is 144 Å². The van der Waals surface area contributed by atoms with Gasteiger partial charge in [0.15, 0.2) is 16.9 Å². The monoisotopic (exact) mass is 1080 g/mol. The largest absolute Gasteiger partial charge is 0.505 e. The van der Waals surface area contributed by atoms with Gasteiger partial charge in [0, 0.05) is 96.3 Å². The number of ketones is 1. The number of nitrogens with one attached hydrogen (secondary N) is 2. The van der Waals surface area contributed by atoms with Gasteiger partial charge in [0.25, 0.3) is 0 Å². The molecule has 1 aliphatic carbocycles. The van der Waals surface area contributed by atoms with Crippen molar-refractivity contribution >= 4 is 66.3 Å². The number of rotatable bonds is 26. The van der Waals surface area contributed by atoms with Crippen LogP contribution in [0.25, 0.3) is 49.2 Å². The summed E-state index contributed by atoms with van der Waals surface area (Å²) < 4.78 is 42.4. The molecule has 2 fully saturated rings. The molecule has 0 spiro atoms. The molecule has 1 unspecified atom stereocenters. The molecule has 0 aromatic heterocycles. The van der Waals surface area contributed by atoms with E-state index < -0.39 is 11.3 Å². The first-order valence-corrected chi connectivity index (χ1v) is 28.4. The zero-order valence-corrected chi connectivity index (χ0v) is 49.6. The number of benzene rings is 5. The van der Waals surface area contributed by atoms with Crippen molar-refractivity contribution in [1.29, 1.82) is 0 Å². The fourth-order valence-electron chi connectivity index (χ4n) is 12.3. The zero-order chi connectivity index (χ0) is 56.6. The second kappa shape index (κ2) is 23.6. The summed E-state index contributed by atoms with van der Waals surface area (Å²) in [5.41, 5.74) is 1.01. The number of carbonyl (C=O) groups is 1. The SMILES string of the molecule is COc1c2c3c4c(c(NCC5CCN(CCC(C)(C)OCCC(C)(C)OC)CC5)c(O)c5c(=O)cc(OC)c(c6c(OC)cc(NCC7CCN(CCC(C)(C)OCCC(C)(C)OC)CC7)c(c1=O)c63)c54)C=C(C)C2C(C)=O. The van der Waals surface area contributed by atoms with Gasteiger partial charge in [-0.2, -0.15) is 0 Å². The smallest absolute Gasteiger partial charge is 0.230 e. The predicted octanol–water partition coefficient (Wildman–Crippen LogP) is 11.0. The van der Waals surface area contributed by atoms with E-state index in [1.54, 1.807) is 21.3 Å². The van der Waals surface area contributed by atoms with Crippen LogP contribution in [0.4, 0.5) is 11.4 Å². The van der Waals surface area contributed by atoms with E-state index in [0.29, 0.717) is 104 Å². The van der Waals surface area contributed by atoms with Gasteiger partial charge in [-0.25, -0.2) is 0 Å². The molecule has 2 aliphatic heterocycles. The third kappa shape index (κ3) is 12.2. The number of piperidine rings is 2. The summed E-state index contributed by atoms with van der Waals surface area (Å²) in [6, 6.07) is 3.28. The van der Waals surface area contributed by atoms with Gasteiger partial charge in [-0.15, -0.1) is 0 Å². The second-order valence-corrected chi connectivity index (χ2v) is 25.0. The molecule has 0 bridgehead atoms. The first-order valence-electron chi connectivity index (χ1n) is 28.4. The number of nitrogens with zero attached hydrogens (tertiary/aromatic N) is 2. The van der Waals surface area contributed by atoms with Gasteiger partial charge in [-0.3, -0.25) is 14.4 Å². The number of hydrogen-bond donors (Lipinski definition) is 3. The second-order valence-electron chi connectivity index (χ2n) is 25.0. The average Bonchev–Trinajstić information content (AvgIpc) is 3.52. The maximum atomic E-state index is 15.4. The Morgan fingerprint density at radius 2 is 1.10 bits per heavy atom. The minimum Gasteiger partial charge on any atom is -0.505 e. The Bertz CT molecular complexity index is 3110. The molecule has 5 aromatic carbocycles. The number of likely N-dealkylation sites (tertiary alicyclic amines) is 2. The van der Waals surface area contributed by atoms with E-state index in [1.807, 2.05) is 19.1 Å². The van der Waals surface area contributed by atoms with E-state index >= 15 is 4.79 Å². The van der Waals surface area contributed by atoms with Crippen molar-refractivity contribution in [3.05, 3.63) is 49.3 Å². The van der Waals surface area contributed by atoms with Crippen molar-refractivity contribution in [1.82, 2.24) is 9.80 Å². The molecular formula is C63H90N4O11. The Labute approximate surface area is 462 Å². The highest BCUT2D eigenvalue weighted by atomic mass is 16.5. The number of phenols is 1. The lowest BCUT2D eigenvalue weighted by molar-refractivity contribution is -0.117. The van der Waals surface area contributed by atoms with E-state index in [4.69, 9.17) is 33.2 Å². The Morgan fingerprint density at radius 1 is 0.615 bits per heavy atom. The summed E-state index contributed by atoms with van der Waals surface area (Å²) in [4.78, 5) is 49.2. The Hall–Kier alpha value is -5.03. The average molecular weight is 1080 g/mol. The number of aromatic hydroxyl groups is 1. The van der Waals surface area contributed by atoms with E-state index in [-0.39, 0.29) is 62.2 Å². The number of anilines is 2. The molecule has 2 saturated heterocycles. The molecule has 15 nitrogen and oxygen atoms in total. The number of fused-ring (bicyclic) bond motifs is 1. The van der Waals surface area contributed by atoms with Crippen LogP contribution in [0.15, 0.2) is 27.3 Å². The highest BCUT2D eigenvalue weighted by Gasteiger charge is 2.38. The fraction of sp³-hybridized carbons (Fsp3) is 0.635. The van der Waals surface area contributed by atoms with Gasteiger partial charge >= 0.3 is 0 Å². The number of hydrogen-bond acceptors (Lipinski definition) is 15. The van der Waals surface area contributed by atoms with Gasteiger partial charge < -0.3 is 58.7 Å². The van der Waals surface area contributed by atoms with Crippen LogP contribution >= 0.6 is 0 Å². The molecule has 15 heteroatoms. The first-order chi connectivity index (χ1) is 36.9. The zero-order valence-electron chi connectivity index (χ0n) is 49.6.